The molecule has 16 heavy (non-hydrogen) atoms. The van der Waals surface area contributed by atoms with Crippen molar-refractivity contribution in [1.29, 1.82) is 0 Å². The minimum atomic E-state index is -1.69. The number of rotatable bonds is 3. The van der Waals surface area contributed by atoms with Gasteiger partial charge in [0, 0.05) is 11.1 Å². The van der Waals surface area contributed by atoms with Crippen molar-refractivity contribution in [2.45, 2.75) is 6.04 Å². The van der Waals surface area contributed by atoms with Gasteiger partial charge in [0.1, 0.15) is 17.6 Å². The number of phenols is 1. The Morgan fingerprint density at radius 2 is 2.12 bits per heavy atom. The Labute approximate surface area is 89.6 Å². The second-order valence-corrected chi connectivity index (χ2v) is 3.04. The van der Waals surface area contributed by atoms with Crippen molar-refractivity contribution < 1.29 is 23.8 Å². The first-order valence-electron chi connectivity index (χ1n) is 4.25. The highest BCUT2D eigenvalue weighted by molar-refractivity contribution is 5.90. The van der Waals surface area contributed by atoms with E-state index in [0.29, 0.717) is 0 Å². The molecule has 0 aliphatic carbocycles. The van der Waals surface area contributed by atoms with Crippen molar-refractivity contribution in [2.24, 2.45) is 5.73 Å². The molecule has 0 bridgehead atoms. The third kappa shape index (κ3) is 2.34. The lowest BCUT2D eigenvalue weighted by Crippen LogP contribution is -2.31. The van der Waals surface area contributed by atoms with Crippen LogP contribution in [0.5, 0.6) is 5.75 Å². The molecule has 0 radical (unpaired) electrons. The van der Waals surface area contributed by atoms with Gasteiger partial charge < -0.3 is 15.9 Å². The second kappa shape index (κ2) is 4.71. The maximum absolute atomic E-state index is 13.3. The lowest BCUT2D eigenvalue weighted by atomic mass is 10.00. The Bertz CT molecular complexity index is 446. The molecule has 0 spiro atoms. The van der Waals surface area contributed by atoms with Gasteiger partial charge in [0.25, 0.3) is 0 Å². The van der Waals surface area contributed by atoms with E-state index in [1.807, 2.05) is 0 Å². The van der Waals surface area contributed by atoms with Gasteiger partial charge in [0.15, 0.2) is 0 Å². The maximum Gasteiger partial charge on any atom is 0.325 e. The lowest BCUT2D eigenvalue weighted by molar-refractivity contribution is -0.137. The number of hydrogen-bond donors (Lipinski definition) is 3. The van der Waals surface area contributed by atoms with E-state index < -0.39 is 23.4 Å². The summed E-state index contributed by atoms with van der Waals surface area (Å²) < 4.78 is 25.8. The van der Waals surface area contributed by atoms with Crippen molar-refractivity contribution in [2.75, 3.05) is 0 Å². The highest BCUT2D eigenvalue weighted by Crippen LogP contribution is 2.25. The lowest BCUT2D eigenvalue weighted by Gasteiger charge is -2.11. The number of aromatic hydroxyl groups is 1. The van der Waals surface area contributed by atoms with Crippen molar-refractivity contribution in [3.63, 3.8) is 0 Å². The van der Waals surface area contributed by atoms with Gasteiger partial charge in [-0.05, 0) is 18.2 Å². The van der Waals surface area contributed by atoms with Crippen LogP contribution >= 0.6 is 0 Å². The number of carboxylic acids is 1. The van der Waals surface area contributed by atoms with Crippen LogP contribution in [-0.4, -0.2) is 22.2 Å². The van der Waals surface area contributed by atoms with Crippen LogP contribution in [0, 0.1) is 5.82 Å². The molecule has 1 rings (SSSR count). The number of carboxylic acid groups (broad SMARTS) is 1. The van der Waals surface area contributed by atoms with Crippen LogP contribution in [0.2, 0.25) is 0 Å². The summed E-state index contributed by atoms with van der Waals surface area (Å²) in [7, 11) is 0. The Morgan fingerprint density at radius 1 is 1.50 bits per heavy atom. The van der Waals surface area contributed by atoms with E-state index >= 15 is 0 Å². The molecule has 0 heterocycles. The maximum atomic E-state index is 13.3. The van der Waals surface area contributed by atoms with E-state index in [9.17, 15) is 13.6 Å². The van der Waals surface area contributed by atoms with Gasteiger partial charge in [-0.3, -0.25) is 4.79 Å². The molecule has 0 saturated heterocycles. The van der Waals surface area contributed by atoms with E-state index in [-0.39, 0.29) is 17.6 Å². The first kappa shape index (κ1) is 12.1. The van der Waals surface area contributed by atoms with Crippen LogP contribution < -0.4 is 5.73 Å². The quantitative estimate of drug-likeness (QED) is 0.728. The topological polar surface area (TPSA) is 83.6 Å². The smallest absolute Gasteiger partial charge is 0.325 e. The minimum absolute atomic E-state index is 0.0867. The molecule has 1 aromatic carbocycles. The van der Waals surface area contributed by atoms with Crippen LogP contribution in [0.4, 0.5) is 8.78 Å². The molecule has 0 aromatic heterocycles. The molecule has 0 amide bonds. The number of phenolic OH excluding ortho intramolecular Hbond substituents is 1. The highest BCUT2D eigenvalue weighted by Gasteiger charge is 2.22. The average molecular weight is 229 g/mol. The Kier molecular flexibility index (Phi) is 3.57. The highest BCUT2D eigenvalue weighted by atomic mass is 19.1. The summed E-state index contributed by atoms with van der Waals surface area (Å²) in [4.78, 5) is 10.6. The van der Waals surface area contributed by atoms with Crippen molar-refractivity contribution in [3.05, 3.63) is 35.9 Å². The van der Waals surface area contributed by atoms with Crippen LogP contribution in [0.25, 0.3) is 5.57 Å². The van der Waals surface area contributed by atoms with Crippen molar-refractivity contribution in [3.8, 4) is 5.75 Å². The number of benzene rings is 1. The summed E-state index contributed by atoms with van der Waals surface area (Å²) in [5, 5.41) is 17.7. The van der Waals surface area contributed by atoms with Crippen LogP contribution in [0.3, 0.4) is 0 Å². The fraction of sp³-hybridized carbons (Fsp3) is 0.100. The van der Waals surface area contributed by atoms with Gasteiger partial charge >= 0.3 is 5.97 Å². The predicted molar refractivity (Wildman–Crippen MR) is 52.8 cm³/mol. The van der Waals surface area contributed by atoms with E-state index in [1.165, 1.54) is 0 Å². The zero-order valence-electron chi connectivity index (χ0n) is 8.02. The number of aliphatic carboxylic acids is 1. The monoisotopic (exact) mass is 229 g/mol. The molecule has 0 fully saturated rings. The average Bonchev–Trinajstić information content (AvgIpc) is 2.23. The molecule has 1 atom stereocenters. The molecule has 4 N–H and O–H groups in total. The minimum Gasteiger partial charge on any atom is -0.508 e. The summed E-state index contributed by atoms with van der Waals surface area (Å²) in [5.41, 5.74) is 4.25. The predicted octanol–water partition coefficient (Wildman–Crippen LogP) is 1.25. The van der Waals surface area contributed by atoms with Crippen LogP contribution in [0.15, 0.2) is 24.5 Å². The van der Waals surface area contributed by atoms with E-state index in [4.69, 9.17) is 15.9 Å². The third-order valence-electron chi connectivity index (χ3n) is 1.98. The molecule has 86 valence electrons. The third-order valence-corrected chi connectivity index (χ3v) is 1.98. The number of nitrogens with two attached hydrogens (primary N) is 1. The normalized spacial score (nSPS) is 13.6. The van der Waals surface area contributed by atoms with Crippen LogP contribution in [-0.2, 0) is 4.79 Å². The molecular weight excluding hydrogens is 220 g/mol. The summed E-state index contributed by atoms with van der Waals surface area (Å²) in [6.45, 7) is 0. The Morgan fingerprint density at radius 3 is 2.62 bits per heavy atom. The second-order valence-electron chi connectivity index (χ2n) is 3.04. The standard InChI is InChI=1S/C10H9F2NO3/c11-4-7(9(13)10(15)16)6-3-5(14)1-2-8(6)12/h1-4,9,14H,13H2,(H,15,16)/b7-4+. The molecule has 0 aliphatic heterocycles. The number of hydrogen-bond acceptors (Lipinski definition) is 3. The Balaban J connectivity index is 3.24. The first-order chi connectivity index (χ1) is 7.47. The summed E-state index contributed by atoms with van der Waals surface area (Å²) in [5.74, 6) is -2.67. The van der Waals surface area contributed by atoms with Crippen molar-refractivity contribution >= 4 is 11.5 Å². The molecular formula is C10H9F2NO3. The van der Waals surface area contributed by atoms with E-state index in [1.54, 1.807) is 0 Å². The van der Waals surface area contributed by atoms with Gasteiger partial charge in [-0.15, -0.1) is 0 Å². The molecule has 1 unspecified atom stereocenters. The van der Waals surface area contributed by atoms with Gasteiger partial charge in [-0.1, -0.05) is 0 Å². The number of carbonyl (C=O) groups is 1. The fourth-order valence-corrected chi connectivity index (χ4v) is 1.16. The summed E-state index contributed by atoms with van der Waals surface area (Å²) in [6, 6.07) is 1.16. The molecule has 4 nitrogen and oxygen atoms in total. The fourth-order valence-electron chi connectivity index (χ4n) is 1.16. The molecule has 0 aliphatic rings. The van der Waals surface area contributed by atoms with E-state index in [2.05, 4.69) is 0 Å². The Hall–Kier alpha value is -1.95. The van der Waals surface area contributed by atoms with Crippen molar-refractivity contribution in [1.82, 2.24) is 0 Å². The molecule has 0 saturated carbocycles. The zero-order valence-corrected chi connectivity index (χ0v) is 8.02. The zero-order chi connectivity index (χ0) is 12.3. The molecule has 1 aromatic rings. The van der Waals surface area contributed by atoms with Gasteiger partial charge in [0.2, 0.25) is 0 Å². The summed E-state index contributed by atoms with van der Waals surface area (Å²) in [6.07, 6.45) is -0.0867. The van der Waals surface area contributed by atoms with Crippen LogP contribution in [0.1, 0.15) is 5.56 Å². The molecule has 6 heteroatoms. The summed E-state index contributed by atoms with van der Waals surface area (Å²) >= 11 is 0. The number of halogens is 2. The first-order valence-corrected chi connectivity index (χ1v) is 4.25. The van der Waals surface area contributed by atoms with Gasteiger partial charge in [0.05, 0.1) is 6.33 Å². The SMILES string of the molecule is NC(C(=O)O)/C(=C/F)c1cc(O)ccc1F. The largest absolute Gasteiger partial charge is 0.508 e. The van der Waals surface area contributed by atoms with Gasteiger partial charge in [-0.2, -0.15) is 0 Å². The van der Waals surface area contributed by atoms with Gasteiger partial charge in [-0.25, -0.2) is 8.78 Å². The van der Waals surface area contributed by atoms with E-state index in [0.717, 1.165) is 18.2 Å².